The smallest absolute Gasteiger partial charge is 0.241 e. The van der Waals surface area contributed by atoms with Crippen molar-refractivity contribution in [3.63, 3.8) is 0 Å². The fourth-order valence-electron chi connectivity index (χ4n) is 3.36. The molecule has 1 aliphatic rings. The maximum absolute atomic E-state index is 12.2. The van der Waals surface area contributed by atoms with Crippen LogP contribution in [0.1, 0.15) is 35.9 Å². The van der Waals surface area contributed by atoms with E-state index < -0.39 is 5.37 Å². The van der Waals surface area contributed by atoms with Crippen LogP contribution in [0.3, 0.4) is 0 Å². The van der Waals surface area contributed by atoms with E-state index in [9.17, 15) is 9.59 Å². The minimum Gasteiger partial charge on any atom is -0.485 e. The van der Waals surface area contributed by atoms with Gasteiger partial charge in [0.05, 0.1) is 0 Å². The van der Waals surface area contributed by atoms with Crippen molar-refractivity contribution in [2.24, 2.45) is 5.10 Å². The van der Waals surface area contributed by atoms with Gasteiger partial charge in [0, 0.05) is 13.8 Å². The third-order valence-electron chi connectivity index (χ3n) is 4.98. The Labute approximate surface area is 202 Å². The van der Waals surface area contributed by atoms with E-state index in [1.54, 1.807) is 0 Å². The molecule has 3 aromatic rings. The summed E-state index contributed by atoms with van der Waals surface area (Å²) in [6.07, 6.45) is 0. The van der Waals surface area contributed by atoms with E-state index >= 15 is 0 Å². The second-order valence-electron chi connectivity index (χ2n) is 7.67. The lowest BCUT2D eigenvalue weighted by Gasteiger charge is -2.21. The number of hydrogen-bond acceptors (Lipinski definition) is 6. The number of nitrogens with one attached hydrogen (secondary N) is 1. The third-order valence-corrected chi connectivity index (χ3v) is 6.08. The van der Waals surface area contributed by atoms with Gasteiger partial charge in [0.1, 0.15) is 18.6 Å². The van der Waals surface area contributed by atoms with Crippen molar-refractivity contribution in [1.82, 2.24) is 10.3 Å². The highest BCUT2D eigenvalue weighted by atomic mass is 32.2. The molecule has 0 aromatic heterocycles. The number of amidine groups is 1. The average Bonchev–Trinajstić information content (AvgIpc) is 3.26. The summed E-state index contributed by atoms with van der Waals surface area (Å²) in [4.78, 5) is 23.7. The molecule has 0 fully saturated rings. The van der Waals surface area contributed by atoms with Crippen LogP contribution < -0.4 is 14.8 Å². The van der Waals surface area contributed by atoms with Crippen molar-refractivity contribution in [2.75, 3.05) is 0 Å². The molecule has 0 saturated heterocycles. The van der Waals surface area contributed by atoms with Crippen molar-refractivity contribution < 1.29 is 19.1 Å². The molecule has 2 amide bonds. The standard InChI is InChI=1S/C26H25N3O4S/c1-18(30)27-26-28-29(19(2)31)25(34-26)22-13-14-23(32-16-20-9-5-3-6-10-20)24(15-22)33-17-21-11-7-4-8-12-21/h3-15,25H,16-17H2,1-2H3,(H,27,28,30)/t25-/m1/s1. The van der Waals surface area contributed by atoms with Gasteiger partial charge in [0.15, 0.2) is 16.7 Å². The highest BCUT2D eigenvalue weighted by Crippen LogP contribution is 2.42. The summed E-state index contributed by atoms with van der Waals surface area (Å²) in [6.45, 7) is 3.62. The van der Waals surface area contributed by atoms with Gasteiger partial charge in [-0.1, -0.05) is 78.5 Å². The van der Waals surface area contributed by atoms with Crippen LogP contribution in [0.25, 0.3) is 0 Å². The first-order valence-corrected chi connectivity index (χ1v) is 11.7. The Kier molecular flexibility index (Phi) is 7.49. The number of carbonyl (C=O) groups excluding carboxylic acids is 2. The summed E-state index contributed by atoms with van der Waals surface area (Å²) < 4.78 is 12.2. The number of nitrogens with zero attached hydrogens (tertiary/aromatic N) is 2. The number of carbonyl (C=O) groups is 2. The molecular formula is C26H25N3O4S. The molecule has 174 valence electrons. The molecule has 1 atom stereocenters. The van der Waals surface area contributed by atoms with Crippen LogP contribution in [-0.2, 0) is 22.8 Å². The van der Waals surface area contributed by atoms with E-state index in [-0.39, 0.29) is 11.8 Å². The van der Waals surface area contributed by atoms with Crippen molar-refractivity contribution in [1.29, 1.82) is 0 Å². The number of rotatable bonds is 7. The zero-order valence-electron chi connectivity index (χ0n) is 18.9. The zero-order valence-corrected chi connectivity index (χ0v) is 19.7. The number of hydrogen-bond donors (Lipinski definition) is 1. The molecule has 0 aliphatic carbocycles. The second kappa shape index (κ2) is 10.9. The van der Waals surface area contributed by atoms with Crippen molar-refractivity contribution >= 4 is 28.7 Å². The maximum atomic E-state index is 12.2. The molecule has 1 aliphatic heterocycles. The predicted octanol–water partition coefficient (Wildman–Crippen LogP) is 4.85. The van der Waals surface area contributed by atoms with Crippen LogP contribution in [0, 0.1) is 0 Å². The first-order valence-electron chi connectivity index (χ1n) is 10.8. The van der Waals surface area contributed by atoms with Gasteiger partial charge in [0.2, 0.25) is 11.8 Å². The topological polar surface area (TPSA) is 80.2 Å². The van der Waals surface area contributed by atoms with Crippen LogP contribution in [0.5, 0.6) is 11.5 Å². The Morgan fingerprint density at radius 3 is 2.03 bits per heavy atom. The van der Waals surface area contributed by atoms with Gasteiger partial charge in [-0.25, -0.2) is 5.01 Å². The Hall–Kier alpha value is -3.78. The number of thioether (sulfide) groups is 1. The molecule has 3 aromatic carbocycles. The molecule has 0 saturated carbocycles. The molecule has 1 N–H and O–H groups in total. The molecule has 0 unspecified atom stereocenters. The second-order valence-corrected chi connectivity index (χ2v) is 8.74. The molecule has 0 spiro atoms. The molecule has 7 nitrogen and oxygen atoms in total. The van der Waals surface area contributed by atoms with Crippen LogP contribution in [0.4, 0.5) is 0 Å². The minimum absolute atomic E-state index is 0.228. The summed E-state index contributed by atoms with van der Waals surface area (Å²) in [5, 5.41) is 8.24. The van der Waals surface area contributed by atoms with Gasteiger partial charge >= 0.3 is 0 Å². The summed E-state index contributed by atoms with van der Waals surface area (Å²) in [5.74, 6) is 0.694. The van der Waals surface area contributed by atoms with Gasteiger partial charge in [-0.05, 0) is 28.8 Å². The molecular weight excluding hydrogens is 450 g/mol. The third kappa shape index (κ3) is 5.96. The predicted molar refractivity (Wildman–Crippen MR) is 132 cm³/mol. The summed E-state index contributed by atoms with van der Waals surface area (Å²) in [7, 11) is 0. The molecule has 0 bridgehead atoms. The quantitative estimate of drug-likeness (QED) is 0.529. The van der Waals surface area contributed by atoms with Gasteiger partial charge in [-0.2, -0.15) is 0 Å². The van der Waals surface area contributed by atoms with E-state index in [0.717, 1.165) is 16.7 Å². The van der Waals surface area contributed by atoms with Gasteiger partial charge in [0.25, 0.3) is 0 Å². The highest BCUT2D eigenvalue weighted by molar-refractivity contribution is 8.14. The molecule has 8 heteroatoms. The van der Waals surface area contributed by atoms with Crippen molar-refractivity contribution in [3.8, 4) is 11.5 Å². The molecule has 0 radical (unpaired) electrons. The van der Waals surface area contributed by atoms with Gasteiger partial charge < -0.3 is 14.8 Å². The average molecular weight is 476 g/mol. The number of amides is 2. The summed E-state index contributed by atoms with van der Waals surface area (Å²) in [5.41, 5.74) is 2.88. The lowest BCUT2D eigenvalue weighted by Crippen LogP contribution is -2.25. The van der Waals surface area contributed by atoms with E-state index in [1.807, 2.05) is 78.9 Å². The Balaban J connectivity index is 1.59. The van der Waals surface area contributed by atoms with Crippen LogP contribution >= 0.6 is 11.8 Å². The van der Waals surface area contributed by atoms with Gasteiger partial charge in [-0.3, -0.25) is 9.59 Å². The first kappa shape index (κ1) is 23.4. The summed E-state index contributed by atoms with van der Waals surface area (Å²) in [6, 6.07) is 25.3. The van der Waals surface area contributed by atoms with Crippen LogP contribution in [0.2, 0.25) is 0 Å². The SMILES string of the molecule is CC(=O)NC1=NN(C(C)=O)[C@@H](c2ccc(OCc3ccccc3)c(OCc3ccccc3)c2)S1. The number of benzene rings is 3. The van der Waals surface area contributed by atoms with Crippen LogP contribution in [0.15, 0.2) is 84.0 Å². The molecule has 4 rings (SSSR count). The summed E-state index contributed by atoms with van der Waals surface area (Å²) >= 11 is 1.29. The van der Waals surface area contributed by atoms with E-state index in [1.165, 1.54) is 30.6 Å². The zero-order chi connectivity index (χ0) is 23.9. The first-order chi connectivity index (χ1) is 16.5. The Morgan fingerprint density at radius 2 is 1.47 bits per heavy atom. The lowest BCUT2D eigenvalue weighted by atomic mass is 10.2. The lowest BCUT2D eigenvalue weighted by molar-refractivity contribution is -0.129. The van der Waals surface area contributed by atoms with Gasteiger partial charge in [-0.15, -0.1) is 5.10 Å². The number of ether oxygens (including phenoxy) is 2. The normalized spacial score (nSPS) is 14.9. The highest BCUT2D eigenvalue weighted by Gasteiger charge is 2.33. The number of hydrazone groups is 1. The van der Waals surface area contributed by atoms with Crippen molar-refractivity contribution in [3.05, 3.63) is 95.6 Å². The van der Waals surface area contributed by atoms with E-state index in [4.69, 9.17) is 9.47 Å². The van der Waals surface area contributed by atoms with Crippen LogP contribution in [-0.4, -0.2) is 22.0 Å². The fraction of sp³-hybridized carbons (Fsp3) is 0.192. The molecule has 34 heavy (non-hydrogen) atoms. The fourth-order valence-corrected chi connectivity index (χ4v) is 4.49. The van der Waals surface area contributed by atoms with E-state index in [0.29, 0.717) is 29.9 Å². The Morgan fingerprint density at radius 1 is 0.882 bits per heavy atom. The maximum Gasteiger partial charge on any atom is 0.241 e. The van der Waals surface area contributed by atoms with E-state index in [2.05, 4.69) is 10.4 Å². The minimum atomic E-state index is -0.429. The Bertz CT molecular complexity index is 1190. The molecule has 1 heterocycles. The van der Waals surface area contributed by atoms with Crippen molar-refractivity contribution in [2.45, 2.75) is 32.4 Å². The monoisotopic (exact) mass is 475 g/mol. The largest absolute Gasteiger partial charge is 0.485 e.